The molecule has 9 heteroatoms. The first-order valence-electron chi connectivity index (χ1n) is 10.3. The fourth-order valence-corrected chi connectivity index (χ4v) is 2.97. The van der Waals surface area contributed by atoms with Crippen LogP contribution in [0.4, 0.5) is 13.2 Å². The third-order valence-corrected chi connectivity index (χ3v) is 5.48. The monoisotopic (exact) mass is 434 g/mol. The van der Waals surface area contributed by atoms with Crippen molar-refractivity contribution in [1.29, 1.82) is 0 Å². The molecule has 0 amide bonds. The van der Waals surface area contributed by atoms with Gasteiger partial charge >= 0.3 is 15.6 Å². The molecule has 1 heterocycles. The standard InChI is InChI=1S/C17H34O2.C2H3F3O3S/c1-2-3-4-5-6-7-8-9-10-11-14-18-16-17-13-12-15-19-17;1-8-9(6,7)2(3,4)5/h17H,2-16H2,1H3;1H3. The molecule has 28 heavy (non-hydrogen) atoms. The summed E-state index contributed by atoms with van der Waals surface area (Å²) in [6.07, 6.45) is 16.7. The fraction of sp³-hybridized carbons (Fsp3) is 1.00. The van der Waals surface area contributed by atoms with Gasteiger partial charge in [0, 0.05) is 13.2 Å². The van der Waals surface area contributed by atoms with Crippen LogP contribution in [0.25, 0.3) is 0 Å². The van der Waals surface area contributed by atoms with E-state index in [1.165, 1.54) is 77.0 Å². The molecule has 0 saturated carbocycles. The zero-order chi connectivity index (χ0) is 21.3. The second kappa shape index (κ2) is 16.4. The van der Waals surface area contributed by atoms with Gasteiger partial charge in [-0.25, -0.2) is 0 Å². The minimum absolute atomic E-state index is 0.392. The van der Waals surface area contributed by atoms with E-state index in [1.54, 1.807) is 0 Å². The lowest BCUT2D eigenvalue weighted by molar-refractivity contribution is -0.0526. The Balaban J connectivity index is 0.000000684. The molecule has 1 fully saturated rings. The molecule has 1 saturated heterocycles. The Bertz CT molecular complexity index is 449. The van der Waals surface area contributed by atoms with Gasteiger partial charge in [0.15, 0.2) is 0 Å². The summed E-state index contributed by atoms with van der Waals surface area (Å²) in [7, 11) is -4.89. The van der Waals surface area contributed by atoms with E-state index in [1.807, 2.05) is 0 Å². The van der Waals surface area contributed by atoms with E-state index >= 15 is 0 Å². The first kappa shape index (κ1) is 27.6. The van der Waals surface area contributed by atoms with Crippen LogP contribution in [0, 0.1) is 0 Å². The van der Waals surface area contributed by atoms with Gasteiger partial charge in [0.2, 0.25) is 0 Å². The molecule has 0 spiro atoms. The lowest BCUT2D eigenvalue weighted by atomic mass is 10.1. The van der Waals surface area contributed by atoms with Crippen molar-refractivity contribution in [1.82, 2.24) is 0 Å². The van der Waals surface area contributed by atoms with Crippen LogP contribution in [0.1, 0.15) is 84.0 Å². The Hall–Kier alpha value is -0.380. The Morgan fingerprint density at radius 2 is 1.50 bits per heavy atom. The SMILES string of the molecule is CCCCCCCCCCCCOCC1CCCO1.COS(=O)(=O)C(F)(F)F. The predicted octanol–water partition coefficient (Wildman–Crippen LogP) is 5.59. The van der Waals surface area contributed by atoms with Crippen molar-refractivity contribution in [2.24, 2.45) is 0 Å². The van der Waals surface area contributed by atoms with Gasteiger partial charge < -0.3 is 9.47 Å². The fourth-order valence-electron chi connectivity index (χ4n) is 2.78. The molecule has 0 aromatic rings. The van der Waals surface area contributed by atoms with Gasteiger partial charge in [0.25, 0.3) is 0 Å². The highest BCUT2D eigenvalue weighted by molar-refractivity contribution is 7.87. The summed E-state index contributed by atoms with van der Waals surface area (Å²) in [4.78, 5) is 0. The molecule has 0 aromatic carbocycles. The smallest absolute Gasteiger partial charge is 0.379 e. The van der Waals surface area contributed by atoms with E-state index in [2.05, 4.69) is 11.1 Å². The number of rotatable bonds is 14. The van der Waals surface area contributed by atoms with Crippen LogP contribution in [0.2, 0.25) is 0 Å². The van der Waals surface area contributed by atoms with E-state index in [4.69, 9.17) is 9.47 Å². The lowest BCUT2D eigenvalue weighted by Gasteiger charge is -2.09. The average Bonchev–Trinajstić information content (AvgIpc) is 3.16. The molecule has 0 bridgehead atoms. The van der Waals surface area contributed by atoms with E-state index in [-0.39, 0.29) is 0 Å². The van der Waals surface area contributed by atoms with E-state index in [9.17, 15) is 21.6 Å². The van der Waals surface area contributed by atoms with Crippen LogP contribution >= 0.6 is 0 Å². The van der Waals surface area contributed by atoms with Crippen LogP contribution in [0.5, 0.6) is 0 Å². The zero-order valence-electron chi connectivity index (χ0n) is 17.3. The average molecular weight is 435 g/mol. The number of hydrogen-bond donors (Lipinski definition) is 0. The highest BCUT2D eigenvalue weighted by Crippen LogP contribution is 2.23. The maximum absolute atomic E-state index is 11.1. The summed E-state index contributed by atoms with van der Waals surface area (Å²) in [6, 6.07) is 0. The number of hydrogen-bond acceptors (Lipinski definition) is 5. The number of ether oxygens (including phenoxy) is 2. The van der Waals surface area contributed by atoms with Gasteiger partial charge in [0.1, 0.15) is 0 Å². The Morgan fingerprint density at radius 1 is 0.964 bits per heavy atom. The molecule has 1 aliphatic heterocycles. The first-order valence-corrected chi connectivity index (χ1v) is 11.7. The van der Waals surface area contributed by atoms with Crippen LogP contribution in [-0.2, 0) is 23.8 Å². The molecule has 1 unspecified atom stereocenters. The maximum atomic E-state index is 11.1. The summed E-state index contributed by atoms with van der Waals surface area (Å²) >= 11 is 0. The van der Waals surface area contributed by atoms with Crippen molar-refractivity contribution in [3.05, 3.63) is 0 Å². The third kappa shape index (κ3) is 14.6. The summed E-state index contributed by atoms with van der Waals surface area (Å²) in [5.74, 6) is 0. The van der Waals surface area contributed by atoms with Crippen molar-refractivity contribution in [3.8, 4) is 0 Å². The van der Waals surface area contributed by atoms with Gasteiger partial charge in [-0.2, -0.15) is 21.6 Å². The lowest BCUT2D eigenvalue weighted by Crippen LogP contribution is -2.23. The molecule has 5 nitrogen and oxygen atoms in total. The third-order valence-electron chi connectivity index (χ3n) is 4.47. The van der Waals surface area contributed by atoms with Gasteiger partial charge in [-0.1, -0.05) is 64.7 Å². The van der Waals surface area contributed by atoms with Gasteiger partial charge in [-0.05, 0) is 19.3 Å². The molecule has 0 radical (unpaired) electrons. The Labute approximate surface area is 168 Å². The van der Waals surface area contributed by atoms with Crippen molar-refractivity contribution < 1.29 is 35.2 Å². The summed E-state index contributed by atoms with van der Waals surface area (Å²) in [5, 5.41) is 0. The van der Waals surface area contributed by atoms with Crippen molar-refractivity contribution >= 4 is 10.1 Å². The molecule has 1 rings (SSSR count). The second-order valence-corrected chi connectivity index (χ2v) is 8.66. The van der Waals surface area contributed by atoms with Gasteiger partial charge in [0.05, 0.1) is 19.8 Å². The summed E-state index contributed by atoms with van der Waals surface area (Å²) < 4.78 is 67.1. The van der Waals surface area contributed by atoms with Crippen LogP contribution in [0.3, 0.4) is 0 Å². The van der Waals surface area contributed by atoms with E-state index in [0.29, 0.717) is 13.2 Å². The van der Waals surface area contributed by atoms with Crippen LogP contribution < -0.4 is 0 Å². The quantitative estimate of drug-likeness (QED) is 0.203. The van der Waals surface area contributed by atoms with Crippen molar-refractivity contribution in [2.45, 2.75) is 95.6 Å². The summed E-state index contributed by atoms with van der Waals surface area (Å²) in [5.41, 5.74) is -5.30. The minimum Gasteiger partial charge on any atom is -0.379 e. The molecular formula is C19H37F3O5S. The number of halogens is 3. The zero-order valence-corrected chi connectivity index (χ0v) is 18.1. The van der Waals surface area contributed by atoms with Crippen molar-refractivity contribution in [3.63, 3.8) is 0 Å². The maximum Gasteiger partial charge on any atom is 0.523 e. The van der Waals surface area contributed by atoms with Crippen molar-refractivity contribution in [2.75, 3.05) is 26.9 Å². The van der Waals surface area contributed by atoms with Crippen LogP contribution in [0.15, 0.2) is 0 Å². The minimum atomic E-state index is -5.34. The summed E-state index contributed by atoms with van der Waals surface area (Å²) in [6.45, 7) is 4.96. The highest BCUT2D eigenvalue weighted by Gasteiger charge is 2.46. The highest BCUT2D eigenvalue weighted by atomic mass is 32.2. The molecule has 1 aliphatic rings. The molecule has 0 aliphatic carbocycles. The molecule has 1 atom stereocenters. The first-order chi connectivity index (χ1) is 13.2. The number of unbranched alkanes of at least 4 members (excludes halogenated alkanes) is 9. The van der Waals surface area contributed by atoms with E-state index in [0.717, 1.165) is 19.8 Å². The topological polar surface area (TPSA) is 61.8 Å². The van der Waals surface area contributed by atoms with Gasteiger partial charge in [-0.15, -0.1) is 0 Å². The molecule has 170 valence electrons. The van der Waals surface area contributed by atoms with E-state index < -0.39 is 15.6 Å². The Kier molecular flexibility index (Phi) is 16.2. The second-order valence-electron chi connectivity index (χ2n) is 6.96. The molecular weight excluding hydrogens is 397 g/mol. The normalized spacial score (nSPS) is 17.4. The predicted molar refractivity (Wildman–Crippen MR) is 104 cm³/mol. The van der Waals surface area contributed by atoms with Crippen LogP contribution in [-0.4, -0.2) is 47.0 Å². The Morgan fingerprint density at radius 3 is 1.89 bits per heavy atom. The number of alkyl halides is 3. The largest absolute Gasteiger partial charge is 0.523 e. The molecule has 0 N–H and O–H groups in total. The molecule has 0 aromatic heterocycles. The van der Waals surface area contributed by atoms with Gasteiger partial charge in [-0.3, -0.25) is 4.18 Å².